The number of hydrogen-bond acceptors (Lipinski definition) is 5. The largest absolute Gasteiger partial charge is 0.495 e. The molecule has 3 N–H and O–H groups in total. The lowest BCUT2D eigenvalue weighted by Gasteiger charge is -2.12. The van der Waals surface area contributed by atoms with Gasteiger partial charge in [0.15, 0.2) is 0 Å². The second-order valence-electron chi connectivity index (χ2n) is 3.13. The molecule has 1 aromatic heterocycles. The SMILES string of the molecule is COc1cc(CC(O)CN)c(OC)cn1. The minimum Gasteiger partial charge on any atom is -0.495 e. The number of pyridine rings is 1. The molecule has 15 heavy (non-hydrogen) atoms. The molecule has 0 spiro atoms. The Hall–Kier alpha value is -1.33. The second-order valence-corrected chi connectivity index (χ2v) is 3.13. The van der Waals surface area contributed by atoms with Crippen molar-refractivity contribution in [2.45, 2.75) is 12.5 Å². The predicted octanol–water partition coefficient (Wildman–Crippen LogP) is -0.0391. The van der Waals surface area contributed by atoms with Gasteiger partial charge in [-0.15, -0.1) is 0 Å². The van der Waals surface area contributed by atoms with Crippen molar-refractivity contribution in [1.82, 2.24) is 4.98 Å². The third-order valence-electron chi connectivity index (χ3n) is 2.08. The number of nitrogens with zero attached hydrogens (tertiary/aromatic N) is 1. The third kappa shape index (κ3) is 3.07. The van der Waals surface area contributed by atoms with Crippen LogP contribution in [0.5, 0.6) is 11.6 Å². The van der Waals surface area contributed by atoms with E-state index in [0.29, 0.717) is 18.1 Å². The third-order valence-corrected chi connectivity index (χ3v) is 2.08. The van der Waals surface area contributed by atoms with E-state index in [2.05, 4.69) is 4.98 Å². The summed E-state index contributed by atoms with van der Waals surface area (Å²) in [6, 6.07) is 1.73. The van der Waals surface area contributed by atoms with Crippen LogP contribution in [0.2, 0.25) is 0 Å². The van der Waals surface area contributed by atoms with E-state index in [1.807, 2.05) is 0 Å². The molecule has 0 amide bonds. The molecule has 0 aliphatic carbocycles. The molecular weight excluding hydrogens is 196 g/mol. The van der Waals surface area contributed by atoms with Gasteiger partial charge in [-0.3, -0.25) is 0 Å². The van der Waals surface area contributed by atoms with Crippen LogP contribution in [0.25, 0.3) is 0 Å². The van der Waals surface area contributed by atoms with E-state index in [-0.39, 0.29) is 6.54 Å². The van der Waals surface area contributed by atoms with Crippen LogP contribution in [0, 0.1) is 0 Å². The molecule has 0 fully saturated rings. The summed E-state index contributed by atoms with van der Waals surface area (Å²) in [6.07, 6.45) is 1.42. The summed E-state index contributed by atoms with van der Waals surface area (Å²) in [5.74, 6) is 1.12. The Morgan fingerprint density at radius 1 is 1.47 bits per heavy atom. The highest BCUT2D eigenvalue weighted by molar-refractivity contribution is 5.35. The Bertz CT molecular complexity index is 318. The normalized spacial score (nSPS) is 12.3. The van der Waals surface area contributed by atoms with Crippen LogP contribution >= 0.6 is 0 Å². The van der Waals surface area contributed by atoms with Gasteiger partial charge >= 0.3 is 0 Å². The maximum atomic E-state index is 9.45. The minimum atomic E-state index is -0.578. The summed E-state index contributed by atoms with van der Waals surface area (Å²) in [6.45, 7) is 0.216. The molecule has 0 saturated heterocycles. The van der Waals surface area contributed by atoms with Crippen molar-refractivity contribution in [1.29, 1.82) is 0 Å². The number of aliphatic hydroxyl groups is 1. The molecular formula is C10H16N2O3. The Morgan fingerprint density at radius 3 is 2.73 bits per heavy atom. The van der Waals surface area contributed by atoms with Crippen LogP contribution in [-0.4, -0.2) is 37.0 Å². The van der Waals surface area contributed by atoms with Crippen LogP contribution in [0.1, 0.15) is 5.56 Å². The summed E-state index contributed by atoms with van der Waals surface area (Å²) in [5.41, 5.74) is 6.18. The molecule has 0 bridgehead atoms. The quantitative estimate of drug-likeness (QED) is 0.716. The first kappa shape index (κ1) is 11.7. The molecule has 1 atom stereocenters. The van der Waals surface area contributed by atoms with Gasteiger partial charge in [0.2, 0.25) is 5.88 Å². The van der Waals surface area contributed by atoms with E-state index in [1.54, 1.807) is 19.4 Å². The van der Waals surface area contributed by atoms with E-state index in [0.717, 1.165) is 5.56 Å². The Morgan fingerprint density at radius 2 is 2.20 bits per heavy atom. The highest BCUT2D eigenvalue weighted by atomic mass is 16.5. The summed E-state index contributed by atoms with van der Waals surface area (Å²) in [4.78, 5) is 4.00. The number of aromatic nitrogens is 1. The van der Waals surface area contributed by atoms with E-state index >= 15 is 0 Å². The highest BCUT2D eigenvalue weighted by Crippen LogP contribution is 2.22. The van der Waals surface area contributed by atoms with E-state index in [9.17, 15) is 5.11 Å². The lowest BCUT2D eigenvalue weighted by molar-refractivity contribution is 0.182. The molecule has 0 aromatic carbocycles. The maximum absolute atomic E-state index is 9.45. The zero-order chi connectivity index (χ0) is 11.3. The number of aliphatic hydroxyl groups excluding tert-OH is 1. The lowest BCUT2D eigenvalue weighted by atomic mass is 10.1. The molecule has 1 unspecified atom stereocenters. The van der Waals surface area contributed by atoms with Gasteiger partial charge in [-0.25, -0.2) is 4.98 Å². The van der Waals surface area contributed by atoms with Crippen LogP contribution in [-0.2, 0) is 6.42 Å². The van der Waals surface area contributed by atoms with Crippen molar-refractivity contribution in [3.8, 4) is 11.6 Å². The van der Waals surface area contributed by atoms with E-state index in [1.165, 1.54) is 7.11 Å². The van der Waals surface area contributed by atoms with Crippen molar-refractivity contribution < 1.29 is 14.6 Å². The monoisotopic (exact) mass is 212 g/mol. The highest BCUT2D eigenvalue weighted by Gasteiger charge is 2.10. The number of hydrogen-bond donors (Lipinski definition) is 2. The van der Waals surface area contributed by atoms with Gasteiger partial charge in [0.1, 0.15) is 5.75 Å². The van der Waals surface area contributed by atoms with Crippen molar-refractivity contribution in [3.05, 3.63) is 17.8 Å². The Balaban J connectivity index is 2.90. The number of rotatable bonds is 5. The number of ether oxygens (including phenoxy) is 2. The molecule has 1 heterocycles. The first-order chi connectivity index (χ1) is 7.21. The van der Waals surface area contributed by atoms with Gasteiger partial charge in [-0.05, 0) is 0 Å². The number of nitrogens with two attached hydrogens (primary N) is 1. The van der Waals surface area contributed by atoms with Gasteiger partial charge in [0, 0.05) is 24.6 Å². The summed E-state index contributed by atoms with van der Waals surface area (Å²) in [5, 5.41) is 9.45. The fourth-order valence-corrected chi connectivity index (χ4v) is 1.25. The second kappa shape index (κ2) is 5.53. The van der Waals surface area contributed by atoms with Crippen LogP contribution in [0.3, 0.4) is 0 Å². The van der Waals surface area contributed by atoms with Crippen LogP contribution < -0.4 is 15.2 Å². The van der Waals surface area contributed by atoms with Gasteiger partial charge in [-0.2, -0.15) is 0 Å². The van der Waals surface area contributed by atoms with Crippen molar-refractivity contribution in [2.75, 3.05) is 20.8 Å². The fourth-order valence-electron chi connectivity index (χ4n) is 1.25. The lowest BCUT2D eigenvalue weighted by Crippen LogP contribution is -2.22. The summed E-state index contributed by atoms with van der Waals surface area (Å²) < 4.78 is 10.1. The van der Waals surface area contributed by atoms with Crippen molar-refractivity contribution >= 4 is 0 Å². The van der Waals surface area contributed by atoms with Gasteiger partial charge in [0.05, 0.1) is 26.5 Å². The fraction of sp³-hybridized carbons (Fsp3) is 0.500. The summed E-state index contributed by atoms with van der Waals surface area (Å²) >= 11 is 0. The standard InChI is InChI=1S/C10H16N2O3/c1-14-9-6-12-10(15-2)4-7(9)3-8(13)5-11/h4,6,8,13H,3,5,11H2,1-2H3. The average molecular weight is 212 g/mol. The number of methoxy groups -OCH3 is 2. The van der Waals surface area contributed by atoms with Crippen LogP contribution in [0.4, 0.5) is 0 Å². The zero-order valence-electron chi connectivity index (χ0n) is 8.93. The molecule has 0 saturated carbocycles. The molecule has 0 radical (unpaired) electrons. The molecule has 1 aromatic rings. The maximum Gasteiger partial charge on any atom is 0.213 e. The average Bonchev–Trinajstić information content (AvgIpc) is 2.28. The Kier molecular flexibility index (Phi) is 4.33. The zero-order valence-corrected chi connectivity index (χ0v) is 8.93. The molecule has 0 aliphatic rings. The Labute approximate surface area is 88.8 Å². The van der Waals surface area contributed by atoms with E-state index in [4.69, 9.17) is 15.2 Å². The smallest absolute Gasteiger partial charge is 0.213 e. The minimum absolute atomic E-state index is 0.216. The van der Waals surface area contributed by atoms with Gasteiger partial charge in [0.25, 0.3) is 0 Å². The van der Waals surface area contributed by atoms with Crippen molar-refractivity contribution in [2.24, 2.45) is 5.73 Å². The van der Waals surface area contributed by atoms with Crippen LogP contribution in [0.15, 0.2) is 12.3 Å². The van der Waals surface area contributed by atoms with Crippen molar-refractivity contribution in [3.63, 3.8) is 0 Å². The summed E-state index contributed by atoms with van der Waals surface area (Å²) in [7, 11) is 3.10. The first-order valence-corrected chi connectivity index (χ1v) is 4.66. The molecule has 5 heteroatoms. The topological polar surface area (TPSA) is 77.6 Å². The van der Waals surface area contributed by atoms with Gasteiger partial charge in [-0.1, -0.05) is 0 Å². The molecule has 84 valence electrons. The molecule has 5 nitrogen and oxygen atoms in total. The molecule has 0 aliphatic heterocycles. The first-order valence-electron chi connectivity index (χ1n) is 4.66. The van der Waals surface area contributed by atoms with E-state index < -0.39 is 6.10 Å². The van der Waals surface area contributed by atoms with Gasteiger partial charge < -0.3 is 20.3 Å². The molecule has 1 rings (SSSR count). The predicted molar refractivity (Wildman–Crippen MR) is 56.1 cm³/mol.